The minimum Gasteiger partial charge on any atom is -0.490 e. The Morgan fingerprint density at radius 2 is 1.77 bits per heavy atom. The highest BCUT2D eigenvalue weighted by Crippen LogP contribution is 2.52. The fourth-order valence-corrected chi connectivity index (χ4v) is 5.51. The summed E-state index contributed by atoms with van der Waals surface area (Å²) in [6.45, 7) is 0. The summed E-state index contributed by atoms with van der Waals surface area (Å²) in [5.41, 5.74) is 1.92. The molecule has 0 aliphatic heterocycles. The number of hydrogen-bond acceptors (Lipinski definition) is 2. The van der Waals surface area contributed by atoms with Crippen molar-refractivity contribution in [2.24, 2.45) is 11.3 Å². The summed E-state index contributed by atoms with van der Waals surface area (Å²) in [7, 11) is 0. The Balaban J connectivity index is 1.57. The lowest BCUT2D eigenvalue weighted by atomic mass is 9.60. The predicted molar refractivity (Wildman–Crippen MR) is 120 cm³/mol. The maximum atomic E-state index is 11.8. The Labute approximate surface area is 178 Å². The Morgan fingerprint density at radius 3 is 2.47 bits per heavy atom. The zero-order valence-electron chi connectivity index (χ0n) is 17.5. The Morgan fingerprint density at radius 1 is 1.00 bits per heavy atom. The first-order chi connectivity index (χ1) is 14.6. The third-order valence-electron chi connectivity index (χ3n) is 7.42. The molecule has 2 aromatic rings. The average molecular weight is 403 g/mol. The van der Waals surface area contributed by atoms with Crippen LogP contribution in [0, 0.1) is 11.3 Å². The van der Waals surface area contributed by atoms with Gasteiger partial charge >= 0.3 is 5.97 Å². The molecule has 1 atom stereocenters. The molecule has 3 heteroatoms. The zero-order chi connectivity index (χ0) is 20.6. The van der Waals surface area contributed by atoms with Gasteiger partial charge in [-0.3, -0.25) is 4.79 Å². The van der Waals surface area contributed by atoms with Gasteiger partial charge in [-0.1, -0.05) is 48.9 Å². The van der Waals surface area contributed by atoms with Crippen LogP contribution in [0.5, 0.6) is 0 Å². The number of rotatable bonds is 6. The molecule has 5 rings (SSSR count). The summed E-state index contributed by atoms with van der Waals surface area (Å²) >= 11 is 0. The van der Waals surface area contributed by atoms with Gasteiger partial charge in [-0.05, 0) is 79.3 Å². The van der Waals surface area contributed by atoms with Crippen molar-refractivity contribution in [3.05, 3.63) is 65.9 Å². The molecule has 3 nitrogen and oxygen atoms in total. The second-order valence-corrected chi connectivity index (χ2v) is 9.35. The SMILES string of the molecule is O=C(O)CC1(C2CCC2)C=C(c2ccc3ccccc3c2)C(OC2CCCC2)=CC1. The molecule has 3 aliphatic rings. The molecule has 30 heavy (non-hydrogen) atoms. The van der Waals surface area contributed by atoms with Gasteiger partial charge in [0.2, 0.25) is 0 Å². The minimum absolute atomic E-state index is 0.196. The molecule has 156 valence electrons. The summed E-state index contributed by atoms with van der Waals surface area (Å²) in [4.78, 5) is 11.8. The first-order valence-electron chi connectivity index (χ1n) is 11.4. The lowest BCUT2D eigenvalue weighted by Crippen LogP contribution is -2.37. The summed E-state index contributed by atoms with van der Waals surface area (Å²) in [6.07, 6.45) is 13.9. The smallest absolute Gasteiger partial charge is 0.304 e. The van der Waals surface area contributed by atoms with Crippen LogP contribution in [0.25, 0.3) is 16.3 Å². The van der Waals surface area contributed by atoms with Crippen molar-refractivity contribution in [2.75, 3.05) is 0 Å². The van der Waals surface area contributed by atoms with E-state index in [0.29, 0.717) is 5.92 Å². The molecule has 0 spiro atoms. The van der Waals surface area contributed by atoms with E-state index in [1.165, 1.54) is 30.0 Å². The van der Waals surface area contributed by atoms with E-state index < -0.39 is 5.97 Å². The number of carbonyl (C=O) groups is 1. The van der Waals surface area contributed by atoms with Crippen LogP contribution in [-0.2, 0) is 9.53 Å². The highest BCUT2D eigenvalue weighted by atomic mass is 16.5. The van der Waals surface area contributed by atoms with Gasteiger partial charge in [0, 0.05) is 11.0 Å². The molecule has 1 N–H and O–H groups in total. The molecule has 0 bridgehead atoms. The molecular formula is C27H30O3. The lowest BCUT2D eigenvalue weighted by molar-refractivity contribution is -0.140. The number of benzene rings is 2. The van der Waals surface area contributed by atoms with Crippen LogP contribution in [0.1, 0.15) is 63.4 Å². The van der Waals surface area contributed by atoms with Gasteiger partial charge in [0.05, 0.1) is 12.5 Å². The second-order valence-electron chi connectivity index (χ2n) is 9.35. The number of carboxylic acids is 1. The number of allylic oxidation sites excluding steroid dienone is 3. The molecule has 2 aromatic carbocycles. The van der Waals surface area contributed by atoms with E-state index in [2.05, 4.69) is 54.6 Å². The Bertz CT molecular complexity index is 1010. The van der Waals surface area contributed by atoms with Crippen molar-refractivity contribution in [1.82, 2.24) is 0 Å². The molecule has 0 heterocycles. The Hall–Kier alpha value is -2.55. The standard InChI is InChI=1S/C27H30O3/c28-26(29)18-27(22-8-5-9-22)15-14-25(30-23-10-3-4-11-23)24(17-27)21-13-12-19-6-1-2-7-20(19)16-21/h1-2,6-7,12-14,16-17,22-23H,3-5,8-11,15,18H2,(H,28,29). The number of aliphatic carboxylic acids is 1. The van der Waals surface area contributed by atoms with Gasteiger partial charge in [-0.15, -0.1) is 0 Å². The molecule has 0 radical (unpaired) electrons. The van der Waals surface area contributed by atoms with Gasteiger partial charge in [-0.2, -0.15) is 0 Å². The van der Waals surface area contributed by atoms with Crippen LogP contribution in [0.15, 0.2) is 60.4 Å². The highest BCUT2D eigenvalue weighted by molar-refractivity contribution is 5.89. The third-order valence-corrected chi connectivity index (χ3v) is 7.42. The van der Waals surface area contributed by atoms with Gasteiger partial charge in [0.1, 0.15) is 5.76 Å². The number of hydrogen-bond donors (Lipinski definition) is 1. The Kier molecular flexibility index (Phi) is 5.14. The topological polar surface area (TPSA) is 46.5 Å². The van der Waals surface area contributed by atoms with Gasteiger partial charge < -0.3 is 9.84 Å². The number of carboxylic acid groups (broad SMARTS) is 1. The zero-order valence-corrected chi connectivity index (χ0v) is 17.5. The third kappa shape index (κ3) is 3.66. The molecule has 2 saturated carbocycles. The van der Waals surface area contributed by atoms with Gasteiger partial charge in [0.15, 0.2) is 0 Å². The van der Waals surface area contributed by atoms with Crippen LogP contribution in [0.3, 0.4) is 0 Å². The van der Waals surface area contributed by atoms with Crippen LogP contribution in [0.2, 0.25) is 0 Å². The molecule has 0 amide bonds. The van der Waals surface area contributed by atoms with E-state index in [1.807, 2.05) is 0 Å². The van der Waals surface area contributed by atoms with Crippen molar-refractivity contribution < 1.29 is 14.6 Å². The van der Waals surface area contributed by atoms with Crippen molar-refractivity contribution in [3.63, 3.8) is 0 Å². The van der Waals surface area contributed by atoms with Crippen molar-refractivity contribution in [3.8, 4) is 0 Å². The van der Waals surface area contributed by atoms with E-state index >= 15 is 0 Å². The van der Waals surface area contributed by atoms with E-state index in [-0.39, 0.29) is 17.9 Å². The summed E-state index contributed by atoms with van der Waals surface area (Å²) in [5, 5.41) is 12.1. The predicted octanol–water partition coefficient (Wildman–Crippen LogP) is 6.73. The van der Waals surface area contributed by atoms with E-state index in [4.69, 9.17) is 4.74 Å². The maximum Gasteiger partial charge on any atom is 0.304 e. The van der Waals surface area contributed by atoms with Crippen LogP contribution in [0.4, 0.5) is 0 Å². The summed E-state index contributed by atoms with van der Waals surface area (Å²) < 4.78 is 6.51. The maximum absolute atomic E-state index is 11.8. The molecule has 3 aliphatic carbocycles. The summed E-state index contributed by atoms with van der Waals surface area (Å²) in [5.74, 6) is 0.704. The lowest BCUT2D eigenvalue weighted by Gasteiger charge is -2.45. The van der Waals surface area contributed by atoms with Gasteiger partial charge in [-0.25, -0.2) is 0 Å². The molecule has 1 unspecified atom stereocenters. The number of fused-ring (bicyclic) bond motifs is 1. The van der Waals surface area contributed by atoms with E-state index in [9.17, 15) is 9.90 Å². The number of ether oxygens (including phenoxy) is 1. The van der Waals surface area contributed by atoms with Crippen molar-refractivity contribution in [1.29, 1.82) is 0 Å². The van der Waals surface area contributed by atoms with Crippen LogP contribution in [-0.4, -0.2) is 17.2 Å². The monoisotopic (exact) mass is 402 g/mol. The fraction of sp³-hybridized carbons (Fsp3) is 0.444. The van der Waals surface area contributed by atoms with Crippen LogP contribution < -0.4 is 0 Å². The molecule has 0 saturated heterocycles. The first kappa shape index (κ1) is 19.4. The quantitative estimate of drug-likeness (QED) is 0.582. The first-order valence-corrected chi connectivity index (χ1v) is 11.4. The molecule has 2 fully saturated rings. The van der Waals surface area contributed by atoms with Gasteiger partial charge in [0.25, 0.3) is 0 Å². The second kappa shape index (κ2) is 7.94. The van der Waals surface area contributed by atoms with Crippen molar-refractivity contribution >= 4 is 22.3 Å². The van der Waals surface area contributed by atoms with E-state index in [0.717, 1.165) is 49.0 Å². The summed E-state index contributed by atoms with van der Waals surface area (Å²) in [6, 6.07) is 14.9. The minimum atomic E-state index is -0.704. The van der Waals surface area contributed by atoms with Crippen LogP contribution >= 0.6 is 0 Å². The average Bonchev–Trinajstić information content (AvgIpc) is 3.20. The largest absolute Gasteiger partial charge is 0.490 e. The molecule has 0 aromatic heterocycles. The van der Waals surface area contributed by atoms with E-state index in [1.54, 1.807) is 0 Å². The molecular weight excluding hydrogens is 372 g/mol. The highest BCUT2D eigenvalue weighted by Gasteiger charge is 2.43. The van der Waals surface area contributed by atoms with Crippen molar-refractivity contribution in [2.45, 2.75) is 63.9 Å². The fourth-order valence-electron chi connectivity index (χ4n) is 5.51. The normalized spacial score (nSPS) is 24.9.